The number of esters is 1. The molecule has 1 aromatic heterocycles. The maximum Gasteiger partial charge on any atom is 0.414 e. The zero-order chi connectivity index (χ0) is 34.5. The summed E-state index contributed by atoms with van der Waals surface area (Å²) in [5, 5.41) is 1.33. The van der Waals surface area contributed by atoms with Gasteiger partial charge in [-0.25, -0.2) is 14.6 Å². The van der Waals surface area contributed by atoms with Gasteiger partial charge in [0.05, 0.1) is 26.3 Å². The van der Waals surface area contributed by atoms with E-state index < -0.39 is 18.2 Å². The van der Waals surface area contributed by atoms with Crippen molar-refractivity contribution in [2.24, 2.45) is 5.92 Å². The fraction of sp³-hybridized carbons (Fsp3) is 0.324. The zero-order valence-electron chi connectivity index (χ0n) is 27.2. The first-order chi connectivity index (χ1) is 23.7. The summed E-state index contributed by atoms with van der Waals surface area (Å²) in [5.41, 5.74) is 3.03. The van der Waals surface area contributed by atoms with Crippen LogP contribution in [-0.4, -0.2) is 56.9 Å². The second-order valence-electron chi connectivity index (χ2n) is 12.2. The third-order valence-electron chi connectivity index (χ3n) is 9.13. The van der Waals surface area contributed by atoms with Gasteiger partial charge in [-0.3, -0.25) is 9.80 Å². The van der Waals surface area contributed by atoms with Crippen molar-refractivity contribution in [2.45, 2.75) is 38.0 Å². The summed E-state index contributed by atoms with van der Waals surface area (Å²) in [5.74, 6) is 0.849. The van der Waals surface area contributed by atoms with E-state index in [1.807, 2.05) is 6.07 Å². The number of nitrogens with zero attached hydrogens (tertiary/aromatic N) is 2. The number of pyridine rings is 1. The predicted octanol–water partition coefficient (Wildman–Crippen LogP) is 7.86. The van der Waals surface area contributed by atoms with Crippen LogP contribution in [0.3, 0.4) is 0 Å². The number of methoxy groups -OCH3 is 2. The van der Waals surface area contributed by atoms with E-state index in [-0.39, 0.29) is 19.1 Å². The number of aromatic amines is 1. The van der Waals surface area contributed by atoms with Crippen LogP contribution in [0.1, 0.15) is 46.0 Å². The molecule has 7 rings (SSSR count). The summed E-state index contributed by atoms with van der Waals surface area (Å²) in [6.45, 7) is 3.06. The number of hydrogen-bond donors (Lipinski definition) is 0. The number of carbonyl (C=O) groups excluding carboxylic acids is 2. The fourth-order valence-electron chi connectivity index (χ4n) is 6.41. The largest absolute Gasteiger partial charge is 0.493 e. The summed E-state index contributed by atoms with van der Waals surface area (Å²) in [6.07, 6.45) is 4.17. The number of H-pyrrole nitrogens is 1. The standard InChI is InChI=1S/C37H36Cl3N3O6/c1-46-32-11-10-26(16-34(32)47-2)33(18-29-30(39)19-41-20-31(29)40)48-36(44)25-8-6-23(7-9-25)21-43(28-5-3-4-27(38)17-28)37(45)49-35-22-42-14-12-24(35)13-15-42/h3-11,16-17,19-20,24,33,35H,12-15,18,21-22H2,1-2H3/p+1/t33-,35-/m0/s1. The third-order valence-corrected chi connectivity index (χ3v) is 10.0. The molecule has 0 saturated carbocycles. The molecule has 49 heavy (non-hydrogen) atoms. The molecule has 256 valence electrons. The number of aromatic nitrogens is 1. The molecule has 0 aliphatic carbocycles. The van der Waals surface area contributed by atoms with Gasteiger partial charge in [-0.05, 0) is 85.4 Å². The summed E-state index contributed by atoms with van der Waals surface area (Å²) in [7, 11) is 3.09. The van der Waals surface area contributed by atoms with Gasteiger partial charge in [-0.2, -0.15) is 0 Å². The quantitative estimate of drug-likeness (QED) is 0.146. The van der Waals surface area contributed by atoms with Crippen molar-refractivity contribution >= 4 is 52.6 Å². The molecule has 3 aliphatic heterocycles. The van der Waals surface area contributed by atoms with Crippen LogP contribution in [0.2, 0.25) is 15.1 Å². The molecule has 3 aliphatic rings. The minimum absolute atomic E-state index is 0.147. The zero-order valence-corrected chi connectivity index (χ0v) is 29.4. The van der Waals surface area contributed by atoms with Gasteiger partial charge in [0.2, 0.25) is 0 Å². The van der Waals surface area contributed by atoms with Crippen LogP contribution in [-0.2, 0) is 22.4 Å². The van der Waals surface area contributed by atoms with Gasteiger partial charge in [0.15, 0.2) is 23.9 Å². The second kappa shape index (κ2) is 15.7. The van der Waals surface area contributed by atoms with Crippen molar-refractivity contribution in [1.29, 1.82) is 0 Å². The molecule has 1 N–H and O–H groups in total. The van der Waals surface area contributed by atoms with E-state index in [4.69, 9.17) is 53.8 Å². The highest BCUT2D eigenvalue weighted by Gasteiger charge is 2.37. The highest BCUT2D eigenvalue weighted by atomic mass is 35.5. The van der Waals surface area contributed by atoms with Gasteiger partial charge >= 0.3 is 12.1 Å². The lowest BCUT2D eigenvalue weighted by Gasteiger charge is -2.44. The van der Waals surface area contributed by atoms with E-state index in [2.05, 4.69) is 9.88 Å². The Hall–Kier alpha value is -4.02. The molecule has 4 heterocycles. The second-order valence-corrected chi connectivity index (χ2v) is 13.4. The first-order valence-corrected chi connectivity index (χ1v) is 17.2. The fourth-order valence-corrected chi connectivity index (χ4v) is 7.12. The molecule has 1 amide bonds. The van der Waals surface area contributed by atoms with Crippen LogP contribution in [0.5, 0.6) is 11.5 Å². The molecule has 2 bridgehead atoms. The SMILES string of the molecule is COc1ccc([C@H](Cc2c(Cl)c[nH+]cc2Cl)OC(=O)c2ccc(CN(C(=O)O[C@H]3CN4CCC3CC4)c3cccc(Cl)c3)cc2)cc1OC. The molecule has 9 nitrogen and oxygen atoms in total. The summed E-state index contributed by atoms with van der Waals surface area (Å²) in [4.78, 5) is 34.1. The Labute approximate surface area is 300 Å². The number of amides is 1. The van der Waals surface area contributed by atoms with E-state index in [9.17, 15) is 9.59 Å². The molecule has 4 aromatic rings. The topological polar surface area (TPSA) is 91.7 Å². The third kappa shape index (κ3) is 8.24. The van der Waals surface area contributed by atoms with Gasteiger partial charge < -0.3 is 18.9 Å². The average molecular weight is 726 g/mol. The monoisotopic (exact) mass is 724 g/mol. The Morgan fingerprint density at radius 3 is 2.27 bits per heavy atom. The van der Waals surface area contributed by atoms with Crippen LogP contribution in [0.15, 0.2) is 79.1 Å². The maximum atomic E-state index is 13.6. The first-order valence-electron chi connectivity index (χ1n) is 16.0. The molecule has 2 atom stereocenters. The number of hydrogen-bond acceptors (Lipinski definition) is 7. The summed E-state index contributed by atoms with van der Waals surface area (Å²) < 4.78 is 23.1. The number of rotatable bonds is 11. The molecule has 0 unspecified atom stereocenters. The van der Waals surface area contributed by atoms with Crippen LogP contribution in [0.25, 0.3) is 0 Å². The van der Waals surface area contributed by atoms with Crippen LogP contribution < -0.4 is 19.4 Å². The number of benzene rings is 3. The van der Waals surface area contributed by atoms with Crippen molar-refractivity contribution in [3.63, 3.8) is 0 Å². The summed E-state index contributed by atoms with van der Waals surface area (Å²) in [6, 6.07) is 19.4. The Morgan fingerprint density at radius 1 is 0.918 bits per heavy atom. The smallest absolute Gasteiger partial charge is 0.414 e. The summed E-state index contributed by atoms with van der Waals surface area (Å²) >= 11 is 19.3. The molecule has 3 aromatic carbocycles. The molecule has 12 heteroatoms. The minimum atomic E-state index is -0.760. The number of anilines is 1. The van der Waals surface area contributed by atoms with Crippen molar-refractivity contribution in [1.82, 2.24) is 4.90 Å². The number of nitrogens with one attached hydrogen (secondary N) is 1. The van der Waals surface area contributed by atoms with E-state index >= 15 is 0 Å². The number of halogens is 3. The molecular weight excluding hydrogens is 689 g/mol. The maximum absolute atomic E-state index is 13.6. The van der Waals surface area contributed by atoms with Gasteiger partial charge in [-0.15, -0.1) is 0 Å². The molecule has 0 spiro atoms. The Kier molecular flexibility index (Phi) is 11.1. The van der Waals surface area contributed by atoms with E-state index in [1.165, 1.54) is 7.11 Å². The van der Waals surface area contributed by atoms with Crippen LogP contribution in [0, 0.1) is 5.92 Å². The number of piperidine rings is 3. The van der Waals surface area contributed by atoms with Crippen molar-refractivity contribution in [2.75, 3.05) is 38.8 Å². The lowest BCUT2D eigenvalue weighted by atomic mass is 9.86. The number of carbonyl (C=O) groups is 2. The number of fused-ring (bicyclic) bond motifs is 3. The highest BCUT2D eigenvalue weighted by molar-refractivity contribution is 6.35. The lowest BCUT2D eigenvalue weighted by molar-refractivity contribution is -0.377. The molecular formula is C37H37Cl3N3O6+. The Balaban J connectivity index is 1.21. The average Bonchev–Trinajstić information content (AvgIpc) is 3.12. The molecule has 3 saturated heterocycles. The Morgan fingerprint density at radius 2 is 1.63 bits per heavy atom. The van der Waals surface area contributed by atoms with E-state index in [0.717, 1.165) is 38.0 Å². The van der Waals surface area contributed by atoms with Gasteiger partial charge in [0.25, 0.3) is 0 Å². The van der Waals surface area contributed by atoms with Crippen molar-refractivity contribution in [3.05, 3.63) is 116 Å². The van der Waals surface area contributed by atoms with Gasteiger partial charge in [-0.1, -0.05) is 59.1 Å². The highest BCUT2D eigenvalue weighted by Crippen LogP contribution is 2.36. The van der Waals surface area contributed by atoms with E-state index in [1.54, 1.807) is 85.1 Å². The minimum Gasteiger partial charge on any atom is -0.493 e. The van der Waals surface area contributed by atoms with Crippen LogP contribution in [0.4, 0.5) is 10.5 Å². The predicted molar refractivity (Wildman–Crippen MR) is 188 cm³/mol. The molecule has 3 fully saturated rings. The Bertz CT molecular complexity index is 1780. The lowest BCUT2D eigenvalue weighted by Crippen LogP contribution is -2.53. The van der Waals surface area contributed by atoms with Gasteiger partial charge in [0, 0.05) is 29.2 Å². The number of ether oxygens (including phenoxy) is 4. The first kappa shape index (κ1) is 34.8. The van der Waals surface area contributed by atoms with Crippen LogP contribution >= 0.6 is 34.8 Å². The van der Waals surface area contributed by atoms with Crippen molar-refractivity contribution in [3.8, 4) is 11.5 Å². The molecule has 0 radical (unpaired) electrons. The van der Waals surface area contributed by atoms with Gasteiger partial charge in [0.1, 0.15) is 22.3 Å². The van der Waals surface area contributed by atoms with Crippen molar-refractivity contribution < 1.29 is 33.5 Å². The van der Waals surface area contributed by atoms with E-state index in [0.29, 0.717) is 54.9 Å². The normalized spacial score (nSPS) is 18.8.